The summed E-state index contributed by atoms with van der Waals surface area (Å²) in [4.78, 5) is 44.7. The Morgan fingerprint density at radius 2 is 1.83 bits per heavy atom. The lowest BCUT2D eigenvalue weighted by Gasteiger charge is -2.23. The van der Waals surface area contributed by atoms with Gasteiger partial charge in [0, 0.05) is 23.9 Å². The number of ether oxygens (including phenoxy) is 2. The highest BCUT2D eigenvalue weighted by atomic mass is 19.4. The molecule has 1 aromatic heterocycles. The van der Waals surface area contributed by atoms with Crippen LogP contribution in [0.4, 0.5) is 36.3 Å². The minimum atomic E-state index is -4.90. The summed E-state index contributed by atoms with van der Waals surface area (Å²) in [5.41, 5.74) is -0.178. The number of carbonyl (C=O) groups excluding carboxylic acids is 2. The molecule has 4 rings (SSSR count). The van der Waals surface area contributed by atoms with E-state index in [2.05, 4.69) is 30.7 Å². The molecular formula is C22H18F3N5O5. The Kier molecular flexibility index (Phi) is 6.32. The summed E-state index contributed by atoms with van der Waals surface area (Å²) in [5.74, 6) is -2.54. The molecule has 0 spiro atoms. The molecule has 2 amide bonds. The number of H-pyrrole nitrogens is 1. The van der Waals surface area contributed by atoms with E-state index < -0.39 is 35.4 Å². The number of aromatic amines is 1. The van der Waals surface area contributed by atoms with Crippen LogP contribution in [0.2, 0.25) is 0 Å². The van der Waals surface area contributed by atoms with Crippen LogP contribution in [0.25, 0.3) is 0 Å². The van der Waals surface area contributed by atoms with E-state index in [-0.39, 0.29) is 29.4 Å². The Hall–Kier alpha value is -4.55. The average molecular weight is 489 g/mol. The number of nitrogens with zero attached hydrogens (tertiary/aromatic N) is 1. The molecular weight excluding hydrogens is 471 g/mol. The van der Waals surface area contributed by atoms with Crippen molar-refractivity contribution < 1.29 is 32.2 Å². The lowest BCUT2D eigenvalue weighted by atomic mass is 9.92. The van der Waals surface area contributed by atoms with Crippen LogP contribution in [0, 0.1) is 0 Å². The van der Waals surface area contributed by atoms with Crippen LogP contribution in [0.3, 0.4) is 0 Å². The van der Waals surface area contributed by atoms with E-state index in [1.807, 2.05) is 0 Å². The molecule has 0 aliphatic carbocycles. The van der Waals surface area contributed by atoms with Gasteiger partial charge in [0.15, 0.2) is 0 Å². The summed E-state index contributed by atoms with van der Waals surface area (Å²) in [6.07, 6.45) is -5.26. The second-order valence-electron chi connectivity index (χ2n) is 7.40. The zero-order valence-electron chi connectivity index (χ0n) is 18.0. The molecule has 35 heavy (non-hydrogen) atoms. The van der Waals surface area contributed by atoms with Crippen molar-refractivity contribution in [3.05, 3.63) is 64.4 Å². The Morgan fingerprint density at radius 3 is 2.51 bits per heavy atom. The molecule has 0 radical (unpaired) electrons. The minimum Gasteiger partial charge on any atom is -0.497 e. The number of nitrogens with one attached hydrogen (secondary N) is 4. The predicted octanol–water partition coefficient (Wildman–Crippen LogP) is 3.49. The Labute approximate surface area is 195 Å². The van der Waals surface area contributed by atoms with Gasteiger partial charge in [0.05, 0.1) is 18.6 Å². The van der Waals surface area contributed by atoms with Crippen LogP contribution in [0.15, 0.2) is 53.3 Å². The van der Waals surface area contributed by atoms with Gasteiger partial charge in [0.25, 0.3) is 5.56 Å². The third-order valence-corrected chi connectivity index (χ3v) is 4.96. The number of rotatable bonds is 6. The zero-order chi connectivity index (χ0) is 25.2. The third-order valence-electron chi connectivity index (χ3n) is 4.96. The van der Waals surface area contributed by atoms with Crippen molar-refractivity contribution in [1.82, 2.24) is 9.97 Å². The van der Waals surface area contributed by atoms with Gasteiger partial charge in [-0.1, -0.05) is 6.07 Å². The monoisotopic (exact) mass is 489 g/mol. The summed E-state index contributed by atoms with van der Waals surface area (Å²) in [7, 11) is 1.52. The number of aromatic nitrogens is 2. The van der Waals surface area contributed by atoms with Crippen molar-refractivity contribution in [2.24, 2.45) is 0 Å². The summed E-state index contributed by atoms with van der Waals surface area (Å²) >= 11 is 0. The first-order chi connectivity index (χ1) is 16.6. The van der Waals surface area contributed by atoms with Gasteiger partial charge in [-0.3, -0.25) is 19.4 Å². The number of carbonyl (C=O) groups is 2. The maximum atomic E-state index is 12.9. The number of alkyl halides is 3. The van der Waals surface area contributed by atoms with Gasteiger partial charge in [-0.15, -0.1) is 13.2 Å². The maximum Gasteiger partial charge on any atom is 0.573 e. The fraction of sp³-hybridized carbons (Fsp3) is 0.182. The molecule has 3 aromatic rings. The van der Waals surface area contributed by atoms with E-state index in [0.717, 1.165) is 12.1 Å². The first kappa shape index (κ1) is 23.6. The van der Waals surface area contributed by atoms with Crippen molar-refractivity contribution in [3.8, 4) is 11.5 Å². The highest BCUT2D eigenvalue weighted by molar-refractivity contribution is 6.04. The van der Waals surface area contributed by atoms with E-state index in [4.69, 9.17) is 4.74 Å². The molecule has 13 heteroatoms. The summed E-state index contributed by atoms with van der Waals surface area (Å²) in [6.45, 7) is 0. The predicted molar refractivity (Wildman–Crippen MR) is 119 cm³/mol. The van der Waals surface area contributed by atoms with Gasteiger partial charge in [-0.05, 0) is 36.4 Å². The van der Waals surface area contributed by atoms with Gasteiger partial charge in [-0.25, -0.2) is 0 Å². The SMILES string of the molecule is COc1ccc(Nc2nc3c(c(=O)[nH]2)C(C(=O)Nc2cccc(OC(F)(F)F)c2)CC(=O)N3)cc1. The molecule has 10 nitrogen and oxygen atoms in total. The van der Waals surface area contributed by atoms with Crippen molar-refractivity contribution >= 4 is 35.0 Å². The van der Waals surface area contributed by atoms with E-state index in [1.54, 1.807) is 24.3 Å². The standard InChI is InChI=1S/C22H18F3N5O5/c1-34-13-7-5-11(6-8-13)27-21-29-18-17(20(33)30-21)15(10-16(31)28-18)19(32)26-12-3-2-4-14(9-12)35-22(23,24)25/h2-9,15H,10H2,1H3,(H,26,32)(H3,27,28,29,30,31,33). The number of methoxy groups -OCH3 is 1. The molecule has 2 heterocycles. The molecule has 0 bridgehead atoms. The summed E-state index contributed by atoms with van der Waals surface area (Å²) < 4.78 is 46.3. The van der Waals surface area contributed by atoms with Crippen molar-refractivity contribution in [2.75, 3.05) is 23.1 Å². The largest absolute Gasteiger partial charge is 0.573 e. The number of halogens is 3. The van der Waals surface area contributed by atoms with Gasteiger partial charge in [0.1, 0.15) is 17.3 Å². The topological polar surface area (TPSA) is 134 Å². The lowest BCUT2D eigenvalue weighted by Crippen LogP contribution is -2.36. The number of anilines is 4. The van der Waals surface area contributed by atoms with Crippen molar-refractivity contribution in [1.29, 1.82) is 0 Å². The third kappa shape index (κ3) is 5.69. The molecule has 1 atom stereocenters. The molecule has 182 valence electrons. The quantitative estimate of drug-likeness (QED) is 0.416. The second-order valence-corrected chi connectivity index (χ2v) is 7.40. The van der Waals surface area contributed by atoms with Crippen LogP contribution in [0.1, 0.15) is 17.9 Å². The average Bonchev–Trinajstić information content (AvgIpc) is 2.78. The number of benzene rings is 2. The van der Waals surface area contributed by atoms with Crippen LogP contribution in [-0.4, -0.2) is 35.3 Å². The Balaban J connectivity index is 1.57. The molecule has 2 aromatic carbocycles. The van der Waals surface area contributed by atoms with E-state index in [1.165, 1.54) is 19.2 Å². The van der Waals surface area contributed by atoms with Crippen LogP contribution < -0.4 is 31.0 Å². The van der Waals surface area contributed by atoms with Crippen LogP contribution in [0.5, 0.6) is 11.5 Å². The Morgan fingerprint density at radius 1 is 1.09 bits per heavy atom. The first-order valence-corrected chi connectivity index (χ1v) is 10.1. The summed E-state index contributed by atoms with van der Waals surface area (Å²) in [5, 5.41) is 7.78. The van der Waals surface area contributed by atoms with E-state index in [9.17, 15) is 27.6 Å². The van der Waals surface area contributed by atoms with Crippen LogP contribution in [-0.2, 0) is 9.59 Å². The van der Waals surface area contributed by atoms with E-state index >= 15 is 0 Å². The molecule has 0 saturated carbocycles. The number of hydrogen-bond donors (Lipinski definition) is 4. The maximum absolute atomic E-state index is 12.9. The molecule has 1 aliphatic heterocycles. The number of fused-ring (bicyclic) bond motifs is 1. The van der Waals surface area contributed by atoms with Crippen molar-refractivity contribution in [3.63, 3.8) is 0 Å². The molecule has 1 aliphatic rings. The minimum absolute atomic E-state index is 0.00791. The zero-order valence-corrected chi connectivity index (χ0v) is 18.0. The fourth-order valence-corrected chi connectivity index (χ4v) is 3.47. The van der Waals surface area contributed by atoms with Gasteiger partial charge >= 0.3 is 6.36 Å². The molecule has 4 N–H and O–H groups in total. The molecule has 1 unspecified atom stereocenters. The normalized spacial score (nSPS) is 15.0. The van der Waals surface area contributed by atoms with Gasteiger partial charge in [0.2, 0.25) is 17.8 Å². The smallest absolute Gasteiger partial charge is 0.497 e. The highest BCUT2D eigenvalue weighted by Crippen LogP contribution is 2.31. The molecule has 0 fully saturated rings. The summed E-state index contributed by atoms with van der Waals surface area (Å²) in [6, 6.07) is 11.4. The van der Waals surface area contributed by atoms with Crippen molar-refractivity contribution in [2.45, 2.75) is 18.7 Å². The number of hydrogen-bond acceptors (Lipinski definition) is 7. The van der Waals surface area contributed by atoms with E-state index in [0.29, 0.717) is 11.4 Å². The Bertz CT molecular complexity index is 1320. The lowest BCUT2D eigenvalue weighted by molar-refractivity contribution is -0.274. The number of amides is 2. The second kappa shape index (κ2) is 9.37. The van der Waals surface area contributed by atoms with Gasteiger partial charge < -0.3 is 25.4 Å². The van der Waals surface area contributed by atoms with Crippen LogP contribution >= 0.6 is 0 Å². The van der Waals surface area contributed by atoms with Gasteiger partial charge in [-0.2, -0.15) is 4.98 Å². The fourth-order valence-electron chi connectivity index (χ4n) is 3.47. The highest BCUT2D eigenvalue weighted by Gasteiger charge is 2.35. The first-order valence-electron chi connectivity index (χ1n) is 10.1. The molecule has 0 saturated heterocycles.